The van der Waals surface area contributed by atoms with Gasteiger partial charge < -0.3 is 0 Å². The molecule has 0 saturated heterocycles. The molecule has 2 spiro atoms. The number of aryl methyl sites for hydroxylation is 1. The van der Waals surface area contributed by atoms with Crippen molar-refractivity contribution >= 4 is 0 Å². The fraction of sp³-hybridized carbons (Fsp3) is 0.174. The lowest BCUT2D eigenvalue weighted by molar-refractivity contribution is -0.0399. The van der Waals surface area contributed by atoms with Crippen molar-refractivity contribution in [2.24, 2.45) is 23.7 Å². The zero-order valence-corrected chi connectivity index (χ0v) is 40.3. The Bertz CT molecular complexity index is 3750. The normalized spacial score (nSPS) is 21.6. The molecule has 9 aromatic carbocycles. The number of benzene rings is 9. The molecule has 4 fully saturated rings. The summed E-state index contributed by atoms with van der Waals surface area (Å²) in [6.07, 6.45) is 6.87. The summed E-state index contributed by atoms with van der Waals surface area (Å²) in [6, 6.07) is 77.3. The van der Waals surface area contributed by atoms with Crippen LogP contribution in [0.5, 0.6) is 0 Å². The van der Waals surface area contributed by atoms with E-state index in [1.807, 2.05) is 12.1 Å². The summed E-state index contributed by atoms with van der Waals surface area (Å²) >= 11 is 0. The van der Waals surface area contributed by atoms with E-state index in [1.165, 1.54) is 110 Å². The Morgan fingerprint density at radius 1 is 0.306 bits per heavy atom. The number of fused-ring (bicyclic) bond motifs is 13. The highest BCUT2D eigenvalue weighted by atomic mass is 15.0. The van der Waals surface area contributed by atoms with E-state index < -0.39 is 5.41 Å². The van der Waals surface area contributed by atoms with Gasteiger partial charge in [0.1, 0.15) is 0 Å². The lowest BCUT2D eigenvalue weighted by Gasteiger charge is -2.61. The molecule has 7 aliphatic carbocycles. The van der Waals surface area contributed by atoms with Crippen LogP contribution in [0.2, 0.25) is 0 Å². The van der Waals surface area contributed by atoms with Gasteiger partial charge in [-0.2, -0.15) is 0 Å². The lowest BCUT2D eigenvalue weighted by Crippen LogP contribution is -2.55. The monoisotopic (exact) mass is 921 g/mol. The first-order valence-electron chi connectivity index (χ1n) is 26.3. The molecule has 0 radical (unpaired) electrons. The molecule has 10 aromatic rings. The van der Waals surface area contributed by atoms with E-state index in [0.29, 0.717) is 29.3 Å². The van der Waals surface area contributed by atoms with Crippen molar-refractivity contribution in [3.63, 3.8) is 0 Å². The van der Waals surface area contributed by atoms with Gasteiger partial charge in [-0.3, -0.25) is 0 Å². The van der Waals surface area contributed by atoms with Crippen molar-refractivity contribution < 1.29 is 0 Å². The van der Waals surface area contributed by atoms with Crippen molar-refractivity contribution in [3.8, 4) is 89.8 Å². The van der Waals surface area contributed by atoms with Gasteiger partial charge in [0.25, 0.3) is 0 Å². The predicted molar refractivity (Wildman–Crippen MR) is 291 cm³/mol. The SMILES string of the molecule is Cc1ccc2c(c1)-c1ccc(-c3cc(-c4ccc5c(c4)C4(c6ccccc6-c6ccccc64)c4ccccc4-5)cc(-c4nc(-c5ccccc5)nc(-c5ccccc5)n4)c3)cc1C21C2CC3CC(C2)CC1C3. The highest BCUT2D eigenvalue weighted by molar-refractivity contribution is 5.96. The fourth-order valence-corrected chi connectivity index (χ4v) is 15.8. The Morgan fingerprint density at radius 3 is 1.26 bits per heavy atom. The summed E-state index contributed by atoms with van der Waals surface area (Å²) in [7, 11) is 0. The topological polar surface area (TPSA) is 38.7 Å². The molecule has 0 aliphatic heterocycles. The van der Waals surface area contributed by atoms with E-state index in [1.54, 1.807) is 11.1 Å². The summed E-state index contributed by atoms with van der Waals surface area (Å²) in [5, 5.41) is 0. The third-order valence-corrected chi connectivity index (χ3v) is 18.4. The Kier molecular flexibility index (Phi) is 8.48. The molecule has 3 heteroatoms. The maximum atomic E-state index is 5.35. The van der Waals surface area contributed by atoms with Gasteiger partial charge in [0.05, 0.1) is 5.41 Å². The number of hydrogen-bond acceptors (Lipinski definition) is 3. The minimum atomic E-state index is -0.445. The maximum Gasteiger partial charge on any atom is 0.164 e. The molecule has 0 N–H and O–H groups in total. The quantitative estimate of drug-likeness (QED) is 0.173. The zero-order valence-electron chi connectivity index (χ0n) is 40.3. The fourth-order valence-electron chi connectivity index (χ4n) is 15.8. The first-order chi connectivity index (χ1) is 35.5. The molecule has 4 bridgehead atoms. The van der Waals surface area contributed by atoms with Crippen LogP contribution in [0.15, 0.2) is 206 Å². The van der Waals surface area contributed by atoms with Gasteiger partial charge in [-0.1, -0.05) is 181 Å². The van der Waals surface area contributed by atoms with Crippen LogP contribution in [0.3, 0.4) is 0 Å². The average molecular weight is 922 g/mol. The van der Waals surface area contributed by atoms with Crippen LogP contribution in [-0.4, -0.2) is 15.0 Å². The van der Waals surface area contributed by atoms with Crippen LogP contribution in [0, 0.1) is 30.6 Å². The first kappa shape index (κ1) is 40.7. The van der Waals surface area contributed by atoms with Crippen LogP contribution >= 0.6 is 0 Å². The van der Waals surface area contributed by atoms with Crippen molar-refractivity contribution in [3.05, 3.63) is 245 Å². The molecule has 7 aliphatic rings. The molecule has 4 saturated carbocycles. The number of rotatable bonds is 5. The third kappa shape index (κ3) is 5.54. The summed E-state index contributed by atoms with van der Waals surface area (Å²) in [6.45, 7) is 2.26. The molecule has 3 nitrogen and oxygen atoms in total. The average Bonchev–Trinajstić information content (AvgIpc) is 4.02. The predicted octanol–water partition coefficient (Wildman–Crippen LogP) is 16.6. The van der Waals surface area contributed by atoms with Gasteiger partial charge in [0.2, 0.25) is 0 Å². The van der Waals surface area contributed by atoms with Crippen LogP contribution in [-0.2, 0) is 10.8 Å². The standard InChI is InChI=1S/C69H51N3/c1-41-24-29-62-58(30-41)57-28-26-46(39-63(57)68(62)51-32-42-31-43(34-51)35-52(68)33-42)48-36-49(38-50(37-48)67-71-65(44-14-4-2-5-15-44)70-66(72-67)45-16-6-3-7-17-45)47-25-27-56-55-20-10-13-23-61(55)69(64(56)40-47)59-21-11-8-18-53(59)54-19-9-12-22-60(54)69/h2-30,36-40,42-43,51-52H,31-35H2,1H3. The molecule has 17 rings (SSSR count). The van der Waals surface area contributed by atoms with Crippen LogP contribution < -0.4 is 0 Å². The lowest BCUT2D eigenvalue weighted by atomic mass is 9.43. The summed E-state index contributed by atoms with van der Waals surface area (Å²) in [5.74, 6) is 5.11. The molecule has 1 aromatic heterocycles. The van der Waals surface area contributed by atoms with E-state index in [4.69, 9.17) is 15.0 Å². The minimum Gasteiger partial charge on any atom is -0.208 e. The summed E-state index contributed by atoms with van der Waals surface area (Å²) < 4.78 is 0. The van der Waals surface area contributed by atoms with Gasteiger partial charge in [-0.25, -0.2) is 15.0 Å². The van der Waals surface area contributed by atoms with E-state index in [0.717, 1.165) is 34.1 Å². The molecular weight excluding hydrogens is 871 g/mol. The summed E-state index contributed by atoms with van der Waals surface area (Å²) in [4.78, 5) is 15.8. The molecular formula is C69H51N3. The largest absolute Gasteiger partial charge is 0.208 e. The molecule has 72 heavy (non-hydrogen) atoms. The van der Waals surface area contributed by atoms with E-state index >= 15 is 0 Å². The van der Waals surface area contributed by atoms with Gasteiger partial charge in [0, 0.05) is 22.1 Å². The first-order valence-corrected chi connectivity index (χ1v) is 26.3. The van der Waals surface area contributed by atoms with Gasteiger partial charge in [-0.05, 0) is 182 Å². The Morgan fingerprint density at radius 2 is 0.736 bits per heavy atom. The summed E-state index contributed by atoms with van der Waals surface area (Å²) in [5.41, 5.74) is 25.3. The highest BCUT2D eigenvalue weighted by Crippen LogP contribution is 2.70. The van der Waals surface area contributed by atoms with E-state index in [2.05, 4.69) is 201 Å². The van der Waals surface area contributed by atoms with Crippen LogP contribution in [0.4, 0.5) is 0 Å². The number of hydrogen-bond donors (Lipinski definition) is 0. The second-order valence-electron chi connectivity index (χ2n) is 22.0. The van der Waals surface area contributed by atoms with Gasteiger partial charge in [-0.15, -0.1) is 0 Å². The second-order valence-corrected chi connectivity index (χ2v) is 22.0. The second kappa shape index (κ2) is 15.0. The maximum absolute atomic E-state index is 5.35. The molecule has 1 heterocycles. The van der Waals surface area contributed by atoms with E-state index in [9.17, 15) is 0 Å². The van der Waals surface area contributed by atoms with Crippen molar-refractivity contribution in [2.45, 2.75) is 49.9 Å². The zero-order chi connectivity index (χ0) is 47.3. The Balaban J connectivity index is 0.937. The smallest absolute Gasteiger partial charge is 0.164 e. The Hall–Kier alpha value is -8.01. The molecule has 0 atom stereocenters. The van der Waals surface area contributed by atoms with Crippen LogP contribution in [0.25, 0.3) is 89.8 Å². The van der Waals surface area contributed by atoms with Crippen molar-refractivity contribution in [1.82, 2.24) is 15.0 Å². The van der Waals surface area contributed by atoms with Crippen LogP contribution in [0.1, 0.15) is 71.0 Å². The third-order valence-electron chi connectivity index (χ3n) is 18.4. The molecule has 342 valence electrons. The minimum absolute atomic E-state index is 0.0583. The van der Waals surface area contributed by atoms with E-state index in [-0.39, 0.29) is 5.41 Å². The van der Waals surface area contributed by atoms with Crippen molar-refractivity contribution in [1.29, 1.82) is 0 Å². The number of aromatic nitrogens is 3. The number of nitrogens with zero attached hydrogens (tertiary/aromatic N) is 3. The highest BCUT2D eigenvalue weighted by Gasteiger charge is 2.61. The Labute approximate surface area is 421 Å². The van der Waals surface area contributed by atoms with Gasteiger partial charge >= 0.3 is 0 Å². The molecule has 0 amide bonds. The van der Waals surface area contributed by atoms with Gasteiger partial charge in [0.15, 0.2) is 17.5 Å². The van der Waals surface area contributed by atoms with Crippen molar-refractivity contribution in [2.75, 3.05) is 0 Å². The molecule has 0 unspecified atom stereocenters.